The Labute approximate surface area is 94.4 Å². The van der Waals surface area contributed by atoms with Crippen LogP contribution < -0.4 is 5.73 Å². The number of hydrogen-bond donors (Lipinski definition) is 1. The lowest BCUT2D eigenvalue weighted by molar-refractivity contribution is -0.154. The van der Waals surface area contributed by atoms with Crippen LogP contribution in [0.5, 0.6) is 0 Å². The summed E-state index contributed by atoms with van der Waals surface area (Å²) in [6.07, 6.45) is 3.39. The first-order valence-corrected chi connectivity index (χ1v) is 5.87. The molecule has 0 rings (SSSR count). The molecule has 0 saturated carbocycles. The fourth-order valence-electron chi connectivity index (χ4n) is 0.983. The summed E-state index contributed by atoms with van der Waals surface area (Å²) in [5, 5.41) is 0. The normalized spacial score (nSPS) is 10.3. The van der Waals surface area contributed by atoms with Gasteiger partial charge in [-0.25, -0.2) is 0 Å². The van der Waals surface area contributed by atoms with Gasteiger partial charge in [-0.3, -0.25) is 4.79 Å². The van der Waals surface area contributed by atoms with Crippen LogP contribution in [-0.4, -0.2) is 18.1 Å². The van der Waals surface area contributed by atoms with Crippen LogP contribution in [0, 0.1) is 0 Å². The molecule has 0 radical (unpaired) electrons. The molecular weight excluding hydrogens is 190 g/mol. The van der Waals surface area contributed by atoms with E-state index in [1.165, 1.54) is 0 Å². The van der Waals surface area contributed by atoms with E-state index in [2.05, 4.69) is 0 Å². The maximum absolute atomic E-state index is 11.2. The van der Waals surface area contributed by atoms with Crippen molar-refractivity contribution < 1.29 is 9.53 Å². The first-order valence-electron chi connectivity index (χ1n) is 5.87. The SMILES string of the molecule is CC.CC(C)(C)OC(=O)CCCCCN. The molecule has 0 aliphatic rings. The summed E-state index contributed by atoms with van der Waals surface area (Å²) in [6.45, 7) is 10.3. The molecule has 15 heavy (non-hydrogen) atoms. The molecular formula is C12H27NO2. The highest BCUT2D eigenvalue weighted by Crippen LogP contribution is 2.10. The van der Waals surface area contributed by atoms with E-state index in [1.54, 1.807) is 0 Å². The number of nitrogens with two attached hydrogens (primary N) is 1. The van der Waals surface area contributed by atoms with Crippen LogP contribution in [0.25, 0.3) is 0 Å². The first kappa shape index (κ1) is 16.8. The van der Waals surface area contributed by atoms with Gasteiger partial charge in [0, 0.05) is 6.42 Å². The average Bonchev–Trinajstić information content (AvgIpc) is 2.13. The van der Waals surface area contributed by atoms with Crippen LogP contribution in [0.2, 0.25) is 0 Å². The van der Waals surface area contributed by atoms with Crippen LogP contribution in [0.3, 0.4) is 0 Å². The van der Waals surface area contributed by atoms with Gasteiger partial charge in [0.1, 0.15) is 5.60 Å². The summed E-state index contributed by atoms with van der Waals surface area (Å²) >= 11 is 0. The molecule has 0 atom stereocenters. The Morgan fingerprint density at radius 2 is 1.67 bits per heavy atom. The highest BCUT2D eigenvalue weighted by Gasteiger charge is 2.15. The van der Waals surface area contributed by atoms with E-state index in [0.717, 1.165) is 19.3 Å². The van der Waals surface area contributed by atoms with Gasteiger partial charge >= 0.3 is 5.97 Å². The molecule has 0 aromatic rings. The van der Waals surface area contributed by atoms with Gasteiger partial charge in [0.05, 0.1) is 0 Å². The molecule has 0 bridgehead atoms. The van der Waals surface area contributed by atoms with Gasteiger partial charge in [-0.15, -0.1) is 0 Å². The lowest BCUT2D eigenvalue weighted by Gasteiger charge is -2.19. The van der Waals surface area contributed by atoms with E-state index in [0.29, 0.717) is 13.0 Å². The van der Waals surface area contributed by atoms with Crippen LogP contribution in [0.1, 0.15) is 60.3 Å². The lowest BCUT2D eigenvalue weighted by Crippen LogP contribution is -2.23. The highest BCUT2D eigenvalue weighted by atomic mass is 16.6. The van der Waals surface area contributed by atoms with E-state index in [1.807, 2.05) is 34.6 Å². The average molecular weight is 217 g/mol. The first-order chi connectivity index (χ1) is 6.95. The number of ether oxygens (including phenoxy) is 1. The van der Waals surface area contributed by atoms with Gasteiger partial charge in [0.25, 0.3) is 0 Å². The summed E-state index contributed by atoms with van der Waals surface area (Å²) < 4.78 is 5.15. The highest BCUT2D eigenvalue weighted by molar-refractivity contribution is 5.69. The minimum absolute atomic E-state index is 0.107. The fourth-order valence-corrected chi connectivity index (χ4v) is 0.983. The minimum Gasteiger partial charge on any atom is -0.460 e. The molecule has 0 unspecified atom stereocenters. The number of carbonyl (C=O) groups is 1. The maximum atomic E-state index is 11.2. The molecule has 0 fully saturated rings. The fraction of sp³-hybridized carbons (Fsp3) is 0.917. The molecule has 0 aromatic heterocycles. The van der Waals surface area contributed by atoms with Crippen LogP contribution in [-0.2, 0) is 9.53 Å². The zero-order chi connectivity index (χ0) is 12.3. The second kappa shape index (κ2) is 9.97. The quantitative estimate of drug-likeness (QED) is 0.569. The Morgan fingerprint density at radius 1 is 1.13 bits per heavy atom. The molecule has 0 heterocycles. The number of carbonyl (C=O) groups excluding carboxylic acids is 1. The van der Waals surface area contributed by atoms with Crippen LogP contribution >= 0.6 is 0 Å². The summed E-state index contributed by atoms with van der Waals surface area (Å²) in [7, 11) is 0. The summed E-state index contributed by atoms with van der Waals surface area (Å²) in [5.74, 6) is -0.107. The van der Waals surface area contributed by atoms with Gasteiger partial charge in [0.15, 0.2) is 0 Å². The van der Waals surface area contributed by atoms with Gasteiger partial charge in [-0.05, 0) is 40.2 Å². The molecule has 3 nitrogen and oxygen atoms in total. The summed E-state index contributed by atoms with van der Waals surface area (Å²) in [5.41, 5.74) is 4.97. The monoisotopic (exact) mass is 217 g/mol. The van der Waals surface area contributed by atoms with E-state index in [9.17, 15) is 4.79 Å². The van der Waals surface area contributed by atoms with Crippen molar-refractivity contribution >= 4 is 5.97 Å². The predicted octanol–water partition coefficient (Wildman–Crippen LogP) is 2.87. The molecule has 0 spiro atoms. The molecule has 0 aliphatic carbocycles. The number of unbranched alkanes of at least 4 members (excludes halogenated alkanes) is 2. The van der Waals surface area contributed by atoms with Crippen molar-refractivity contribution in [2.45, 2.75) is 65.9 Å². The Balaban J connectivity index is 0. The van der Waals surface area contributed by atoms with Gasteiger partial charge < -0.3 is 10.5 Å². The molecule has 0 amide bonds. The number of rotatable bonds is 5. The third-order valence-corrected chi connectivity index (χ3v) is 1.51. The minimum atomic E-state index is -0.356. The lowest BCUT2D eigenvalue weighted by atomic mass is 10.1. The Morgan fingerprint density at radius 3 is 2.07 bits per heavy atom. The van der Waals surface area contributed by atoms with Crippen molar-refractivity contribution in [2.24, 2.45) is 5.73 Å². The topological polar surface area (TPSA) is 52.3 Å². The van der Waals surface area contributed by atoms with Crippen molar-refractivity contribution in [3.05, 3.63) is 0 Å². The Hall–Kier alpha value is -0.570. The predicted molar refractivity (Wildman–Crippen MR) is 64.7 cm³/mol. The zero-order valence-corrected chi connectivity index (χ0v) is 10.9. The van der Waals surface area contributed by atoms with Gasteiger partial charge in [0.2, 0.25) is 0 Å². The largest absolute Gasteiger partial charge is 0.460 e. The zero-order valence-electron chi connectivity index (χ0n) is 10.9. The standard InChI is InChI=1S/C10H21NO2.C2H6/c1-10(2,3)13-9(12)7-5-4-6-8-11;1-2/h4-8,11H2,1-3H3;1-2H3. The van der Waals surface area contributed by atoms with Crippen molar-refractivity contribution in [1.29, 1.82) is 0 Å². The van der Waals surface area contributed by atoms with E-state index < -0.39 is 0 Å². The van der Waals surface area contributed by atoms with Crippen LogP contribution in [0.15, 0.2) is 0 Å². The Bertz CT molecular complexity index is 150. The molecule has 92 valence electrons. The second-order valence-electron chi connectivity index (χ2n) is 4.19. The van der Waals surface area contributed by atoms with Crippen LogP contribution in [0.4, 0.5) is 0 Å². The third-order valence-electron chi connectivity index (χ3n) is 1.51. The van der Waals surface area contributed by atoms with Crippen molar-refractivity contribution in [1.82, 2.24) is 0 Å². The smallest absolute Gasteiger partial charge is 0.306 e. The van der Waals surface area contributed by atoms with E-state index >= 15 is 0 Å². The second-order valence-corrected chi connectivity index (χ2v) is 4.19. The number of esters is 1. The molecule has 0 aliphatic heterocycles. The summed E-state index contributed by atoms with van der Waals surface area (Å²) in [6, 6.07) is 0. The van der Waals surface area contributed by atoms with Crippen molar-refractivity contribution in [3.8, 4) is 0 Å². The van der Waals surface area contributed by atoms with Crippen molar-refractivity contribution in [3.63, 3.8) is 0 Å². The van der Waals surface area contributed by atoms with E-state index in [-0.39, 0.29) is 11.6 Å². The van der Waals surface area contributed by atoms with Gasteiger partial charge in [-0.1, -0.05) is 20.3 Å². The van der Waals surface area contributed by atoms with E-state index in [4.69, 9.17) is 10.5 Å². The number of hydrogen-bond acceptors (Lipinski definition) is 3. The maximum Gasteiger partial charge on any atom is 0.306 e. The molecule has 2 N–H and O–H groups in total. The Kier molecular flexibility index (Phi) is 11.2. The third kappa shape index (κ3) is 16.1. The molecule has 0 saturated heterocycles. The van der Waals surface area contributed by atoms with Gasteiger partial charge in [-0.2, -0.15) is 0 Å². The summed E-state index contributed by atoms with van der Waals surface area (Å²) in [4.78, 5) is 11.2. The molecule has 3 heteroatoms. The van der Waals surface area contributed by atoms with Crippen molar-refractivity contribution in [2.75, 3.05) is 6.54 Å². The molecule has 0 aromatic carbocycles.